The molecule has 2 nitrogen and oxygen atoms in total. The normalized spacial score (nSPS) is 32.9. The van der Waals surface area contributed by atoms with Crippen molar-refractivity contribution in [1.29, 1.82) is 0 Å². The highest BCUT2D eigenvalue weighted by Crippen LogP contribution is 2.38. The van der Waals surface area contributed by atoms with Gasteiger partial charge < -0.3 is 9.47 Å². The minimum absolute atomic E-state index is 0.287. The molecule has 4 heteroatoms. The molecule has 1 aliphatic carbocycles. The molecule has 1 saturated heterocycles. The third kappa shape index (κ3) is 3.49. The fourth-order valence-electron chi connectivity index (χ4n) is 3.73. The van der Waals surface area contributed by atoms with Crippen LogP contribution in [0.15, 0.2) is 18.2 Å². The molecule has 22 heavy (non-hydrogen) atoms. The molecule has 122 valence electrons. The van der Waals surface area contributed by atoms with Crippen LogP contribution in [0.4, 0.5) is 8.78 Å². The van der Waals surface area contributed by atoms with Crippen LogP contribution in [0.3, 0.4) is 0 Å². The van der Waals surface area contributed by atoms with Crippen LogP contribution in [0.2, 0.25) is 0 Å². The van der Waals surface area contributed by atoms with Gasteiger partial charge in [0.2, 0.25) is 0 Å². The lowest BCUT2D eigenvalue weighted by Crippen LogP contribution is -2.34. The van der Waals surface area contributed by atoms with E-state index >= 15 is 0 Å². The van der Waals surface area contributed by atoms with Crippen molar-refractivity contribution in [2.75, 3.05) is 13.2 Å². The lowest BCUT2D eigenvalue weighted by atomic mass is 9.75. The van der Waals surface area contributed by atoms with Crippen molar-refractivity contribution < 1.29 is 18.3 Å². The van der Waals surface area contributed by atoms with Crippen LogP contribution < -0.4 is 0 Å². The smallest absolute Gasteiger partial charge is 0.186 e. The number of hydrogen-bond donors (Lipinski definition) is 0. The Bertz CT molecular complexity index is 490. The fourth-order valence-corrected chi connectivity index (χ4v) is 3.73. The molecule has 0 amide bonds. The van der Waals surface area contributed by atoms with Gasteiger partial charge in [-0.15, -0.1) is 0 Å². The molecule has 1 heterocycles. The predicted octanol–water partition coefficient (Wildman–Crippen LogP) is 4.84. The first-order chi connectivity index (χ1) is 10.7. The molecule has 1 aromatic carbocycles. The summed E-state index contributed by atoms with van der Waals surface area (Å²) in [4.78, 5) is 0. The van der Waals surface area contributed by atoms with Gasteiger partial charge in [0.25, 0.3) is 0 Å². The van der Waals surface area contributed by atoms with E-state index in [9.17, 15) is 8.78 Å². The first-order valence-electron chi connectivity index (χ1n) is 8.35. The molecule has 0 unspecified atom stereocenters. The third-order valence-electron chi connectivity index (χ3n) is 5.28. The Balaban J connectivity index is 1.54. The highest BCUT2D eigenvalue weighted by atomic mass is 19.1. The summed E-state index contributed by atoms with van der Waals surface area (Å²) in [7, 11) is 0. The van der Waals surface area contributed by atoms with Gasteiger partial charge in [0.15, 0.2) is 6.29 Å². The Labute approximate surface area is 130 Å². The summed E-state index contributed by atoms with van der Waals surface area (Å²) >= 11 is 0. The zero-order chi connectivity index (χ0) is 15.5. The maximum Gasteiger partial charge on any atom is 0.186 e. The van der Waals surface area contributed by atoms with Crippen LogP contribution in [0.1, 0.15) is 50.9 Å². The molecule has 0 aromatic heterocycles. The average Bonchev–Trinajstić information content (AvgIpc) is 2.55. The van der Waals surface area contributed by atoms with E-state index in [1.807, 2.05) is 0 Å². The van der Waals surface area contributed by atoms with E-state index in [1.165, 1.54) is 44.2 Å². The Morgan fingerprint density at radius 2 is 1.68 bits per heavy atom. The second-order valence-corrected chi connectivity index (χ2v) is 6.61. The van der Waals surface area contributed by atoms with E-state index in [1.54, 1.807) is 0 Å². The van der Waals surface area contributed by atoms with Gasteiger partial charge >= 0.3 is 0 Å². The topological polar surface area (TPSA) is 18.5 Å². The Hall–Kier alpha value is -1.00. The van der Waals surface area contributed by atoms with Crippen LogP contribution in [-0.2, 0) is 9.47 Å². The van der Waals surface area contributed by atoms with E-state index in [2.05, 4.69) is 6.92 Å². The van der Waals surface area contributed by atoms with Crippen molar-refractivity contribution in [2.24, 2.45) is 17.8 Å². The summed E-state index contributed by atoms with van der Waals surface area (Å²) < 4.78 is 38.2. The van der Waals surface area contributed by atoms with Gasteiger partial charge in [0.05, 0.1) is 13.2 Å². The van der Waals surface area contributed by atoms with Gasteiger partial charge in [0, 0.05) is 17.5 Å². The summed E-state index contributed by atoms with van der Waals surface area (Å²) in [6, 6.07) is 3.52. The minimum atomic E-state index is -0.705. The van der Waals surface area contributed by atoms with Crippen LogP contribution in [-0.4, -0.2) is 13.2 Å². The molecule has 1 aliphatic heterocycles. The number of rotatable bonds is 3. The molecule has 0 radical (unpaired) electrons. The SMILES string of the molecule is CCC1CCC(C2COC(c3ccc(F)cc3F)OC2)CC1. The maximum absolute atomic E-state index is 13.8. The molecule has 0 bridgehead atoms. The number of halogens is 2. The fraction of sp³-hybridized carbons (Fsp3) is 0.667. The maximum atomic E-state index is 13.8. The highest BCUT2D eigenvalue weighted by Gasteiger charge is 2.32. The van der Waals surface area contributed by atoms with Gasteiger partial charge in [-0.25, -0.2) is 8.78 Å². The summed E-state index contributed by atoms with van der Waals surface area (Å²) in [5.41, 5.74) is 0.287. The summed E-state index contributed by atoms with van der Waals surface area (Å²) in [6.45, 7) is 3.46. The largest absolute Gasteiger partial charge is 0.348 e. The molecule has 1 saturated carbocycles. The summed E-state index contributed by atoms with van der Waals surface area (Å²) in [5.74, 6) is 0.747. The average molecular weight is 310 g/mol. The molecule has 0 N–H and O–H groups in total. The first kappa shape index (κ1) is 15.9. The van der Waals surface area contributed by atoms with Crippen molar-refractivity contribution in [3.05, 3.63) is 35.4 Å². The molecular formula is C18H24F2O2. The van der Waals surface area contributed by atoms with E-state index < -0.39 is 17.9 Å². The van der Waals surface area contributed by atoms with E-state index in [0.29, 0.717) is 25.0 Å². The van der Waals surface area contributed by atoms with Gasteiger partial charge in [-0.1, -0.05) is 26.2 Å². The number of benzene rings is 1. The second-order valence-electron chi connectivity index (χ2n) is 6.61. The van der Waals surface area contributed by atoms with Crippen molar-refractivity contribution in [3.8, 4) is 0 Å². The van der Waals surface area contributed by atoms with Crippen molar-refractivity contribution in [3.63, 3.8) is 0 Å². The second kappa shape index (κ2) is 7.05. The zero-order valence-corrected chi connectivity index (χ0v) is 13.1. The van der Waals surface area contributed by atoms with Crippen LogP contribution in [0.25, 0.3) is 0 Å². The van der Waals surface area contributed by atoms with E-state index in [4.69, 9.17) is 9.47 Å². The Morgan fingerprint density at radius 1 is 1.00 bits per heavy atom. The molecule has 0 atom stereocenters. The molecular weight excluding hydrogens is 286 g/mol. The van der Waals surface area contributed by atoms with Crippen molar-refractivity contribution in [2.45, 2.75) is 45.3 Å². The molecule has 2 fully saturated rings. The van der Waals surface area contributed by atoms with Gasteiger partial charge in [-0.3, -0.25) is 0 Å². The van der Waals surface area contributed by atoms with Gasteiger partial charge in [-0.05, 0) is 36.8 Å². The zero-order valence-electron chi connectivity index (χ0n) is 13.1. The Kier molecular flexibility index (Phi) is 5.09. The van der Waals surface area contributed by atoms with Crippen LogP contribution >= 0.6 is 0 Å². The monoisotopic (exact) mass is 310 g/mol. The van der Waals surface area contributed by atoms with Crippen molar-refractivity contribution >= 4 is 0 Å². The molecule has 1 aromatic rings. The molecule has 0 spiro atoms. The number of ether oxygens (including phenoxy) is 2. The summed E-state index contributed by atoms with van der Waals surface area (Å²) in [6.07, 6.45) is 5.65. The summed E-state index contributed by atoms with van der Waals surface area (Å²) in [5, 5.41) is 0. The molecule has 2 aliphatic rings. The number of hydrogen-bond acceptors (Lipinski definition) is 2. The van der Waals surface area contributed by atoms with Crippen molar-refractivity contribution in [1.82, 2.24) is 0 Å². The molecule has 3 rings (SSSR count). The van der Waals surface area contributed by atoms with Gasteiger partial charge in [-0.2, -0.15) is 0 Å². The first-order valence-corrected chi connectivity index (χ1v) is 8.35. The van der Waals surface area contributed by atoms with Crippen LogP contribution in [0.5, 0.6) is 0 Å². The minimum Gasteiger partial charge on any atom is -0.348 e. The quantitative estimate of drug-likeness (QED) is 0.795. The predicted molar refractivity (Wildman–Crippen MR) is 80.2 cm³/mol. The highest BCUT2D eigenvalue weighted by molar-refractivity contribution is 5.20. The van der Waals surface area contributed by atoms with Gasteiger partial charge in [0.1, 0.15) is 11.6 Å². The standard InChI is InChI=1S/C18H24F2O2/c1-2-12-3-5-13(6-4-12)14-10-21-18(22-11-14)16-8-7-15(19)9-17(16)20/h7-9,12-14,18H,2-6,10-11H2,1H3. The Morgan fingerprint density at radius 3 is 2.27 bits per heavy atom. The van der Waals surface area contributed by atoms with E-state index in [0.717, 1.165) is 12.0 Å². The lowest BCUT2D eigenvalue weighted by molar-refractivity contribution is -0.215. The third-order valence-corrected chi connectivity index (χ3v) is 5.28. The van der Waals surface area contributed by atoms with Crippen LogP contribution in [0, 0.1) is 29.4 Å². The lowest BCUT2D eigenvalue weighted by Gasteiger charge is -2.37. The van der Waals surface area contributed by atoms with E-state index in [-0.39, 0.29) is 5.56 Å².